The van der Waals surface area contributed by atoms with Gasteiger partial charge in [0.25, 0.3) is 5.91 Å². The van der Waals surface area contributed by atoms with Crippen molar-refractivity contribution < 1.29 is 9.53 Å². The van der Waals surface area contributed by atoms with Crippen molar-refractivity contribution in [1.82, 2.24) is 20.3 Å². The first-order valence-electron chi connectivity index (χ1n) is 7.90. The van der Waals surface area contributed by atoms with Crippen LogP contribution in [0.2, 0.25) is 0 Å². The van der Waals surface area contributed by atoms with Gasteiger partial charge in [-0.3, -0.25) is 4.79 Å². The molecule has 0 saturated carbocycles. The lowest BCUT2D eigenvalue weighted by atomic mass is 10.1. The van der Waals surface area contributed by atoms with Crippen molar-refractivity contribution in [3.63, 3.8) is 0 Å². The summed E-state index contributed by atoms with van der Waals surface area (Å²) >= 11 is 0. The number of carbonyl (C=O) groups excluding carboxylic acids is 1. The number of anilines is 1. The third-order valence-electron chi connectivity index (χ3n) is 4.04. The van der Waals surface area contributed by atoms with E-state index in [-0.39, 0.29) is 23.5 Å². The maximum Gasteiger partial charge on any atom is 0.275 e. The summed E-state index contributed by atoms with van der Waals surface area (Å²) in [5.41, 5.74) is 8.18. The van der Waals surface area contributed by atoms with Crippen LogP contribution in [0.5, 0.6) is 0 Å². The Morgan fingerprint density at radius 3 is 3.04 bits per heavy atom. The second-order valence-electron chi connectivity index (χ2n) is 5.56. The van der Waals surface area contributed by atoms with Crippen molar-refractivity contribution in [3.8, 4) is 5.69 Å². The average molecular weight is 315 g/mol. The summed E-state index contributed by atoms with van der Waals surface area (Å²) in [6.45, 7) is 3.28. The van der Waals surface area contributed by atoms with Gasteiger partial charge in [-0.25, -0.2) is 0 Å². The molecule has 1 aromatic heterocycles. The summed E-state index contributed by atoms with van der Waals surface area (Å²) in [4.78, 5) is 12.3. The molecule has 1 aliphatic heterocycles. The molecule has 1 amide bonds. The van der Waals surface area contributed by atoms with Crippen LogP contribution in [0.4, 0.5) is 5.82 Å². The monoisotopic (exact) mass is 315 g/mol. The average Bonchev–Trinajstić information content (AvgIpc) is 3.22. The van der Waals surface area contributed by atoms with E-state index in [0.717, 1.165) is 37.1 Å². The highest BCUT2D eigenvalue weighted by Crippen LogP contribution is 2.19. The van der Waals surface area contributed by atoms with Gasteiger partial charge in [-0.1, -0.05) is 30.3 Å². The number of amides is 1. The number of nitrogen functional groups attached to an aromatic ring is 1. The van der Waals surface area contributed by atoms with E-state index in [1.54, 1.807) is 0 Å². The first-order chi connectivity index (χ1) is 11.2. The molecule has 3 N–H and O–H groups in total. The Bertz CT molecular complexity index is 692. The van der Waals surface area contributed by atoms with E-state index in [2.05, 4.69) is 22.6 Å². The van der Waals surface area contributed by atoms with Crippen LogP contribution in [-0.4, -0.2) is 40.2 Å². The van der Waals surface area contributed by atoms with Gasteiger partial charge in [0.2, 0.25) is 0 Å². The Hall–Kier alpha value is -2.41. The van der Waals surface area contributed by atoms with Crippen LogP contribution in [0.3, 0.4) is 0 Å². The fourth-order valence-corrected chi connectivity index (χ4v) is 2.74. The molecular weight excluding hydrogens is 294 g/mol. The molecule has 7 nitrogen and oxygen atoms in total. The van der Waals surface area contributed by atoms with E-state index in [4.69, 9.17) is 10.5 Å². The van der Waals surface area contributed by atoms with E-state index in [9.17, 15) is 4.79 Å². The number of nitrogens with zero attached hydrogens (tertiary/aromatic N) is 3. The number of aryl methyl sites for hydroxylation is 1. The zero-order chi connectivity index (χ0) is 16.2. The molecular formula is C16H21N5O2. The number of hydrogen-bond acceptors (Lipinski definition) is 5. The van der Waals surface area contributed by atoms with E-state index in [0.29, 0.717) is 6.54 Å². The molecule has 0 bridgehead atoms. The number of benzene rings is 1. The SMILES string of the molecule is CCc1ccccc1-n1nnc(C(=O)NCC2CCCO2)c1N. The molecule has 1 fully saturated rings. The Labute approximate surface area is 134 Å². The van der Waals surface area contributed by atoms with Gasteiger partial charge in [-0.15, -0.1) is 5.10 Å². The molecule has 7 heteroatoms. The molecule has 3 rings (SSSR count). The van der Waals surface area contributed by atoms with Crippen LogP contribution >= 0.6 is 0 Å². The second kappa shape index (κ2) is 6.78. The highest BCUT2D eigenvalue weighted by Gasteiger charge is 2.21. The smallest absolute Gasteiger partial charge is 0.275 e. The topological polar surface area (TPSA) is 95.1 Å². The number of rotatable bonds is 5. The zero-order valence-electron chi connectivity index (χ0n) is 13.2. The fraction of sp³-hybridized carbons (Fsp3) is 0.438. The van der Waals surface area contributed by atoms with Crippen LogP contribution in [0.1, 0.15) is 35.8 Å². The van der Waals surface area contributed by atoms with Crippen LogP contribution in [0, 0.1) is 0 Å². The number of nitrogens with two attached hydrogens (primary N) is 1. The Morgan fingerprint density at radius 2 is 2.30 bits per heavy atom. The van der Waals surface area contributed by atoms with Crippen molar-refractivity contribution in [2.24, 2.45) is 0 Å². The van der Waals surface area contributed by atoms with Crippen LogP contribution < -0.4 is 11.1 Å². The lowest BCUT2D eigenvalue weighted by Gasteiger charge is -2.10. The normalized spacial score (nSPS) is 17.3. The Balaban J connectivity index is 1.77. The standard InChI is InChI=1S/C16H21N5O2/c1-2-11-6-3-4-8-13(11)21-15(17)14(19-20-21)16(22)18-10-12-7-5-9-23-12/h3-4,6,8,12H,2,5,7,9-10,17H2,1H3,(H,18,22). The quantitative estimate of drug-likeness (QED) is 0.867. The number of nitrogens with one attached hydrogen (secondary N) is 1. The summed E-state index contributed by atoms with van der Waals surface area (Å²) in [6, 6.07) is 7.79. The molecule has 0 spiro atoms. The highest BCUT2D eigenvalue weighted by molar-refractivity contribution is 5.96. The van der Waals surface area contributed by atoms with Gasteiger partial charge in [0.1, 0.15) is 0 Å². The van der Waals surface area contributed by atoms with E-state index in [1.807, 2.05) is 24.3 Å². The Kier molecular flexibility index (Phi) is 4.57. The lowest BCUT2D eigenvalue weighted by molar-refractivity contribution is 0.0854. The first kappa shape index (κ1) is 15.5. The van der Waals surface area contributed by atoms with Gasteiger partial charge in [0.15, 0.2) is 11.5 Å². The molecule has 1 aliphatic rings. The molecule has 1 saturated heterocycles. The van der Waals surface area contributed by atoms with Crippen LogP contribution in [0.25, 0.3) is 5.69 Å². The van der Waals surface area contributed by atoms with Gasteiger partial charge in [-0.05, 0) is 30.9 Å². The minimum absolute atomic E-state index is 0.0797. The summed E-state index contributed by atoms with van der Waals surface area (Å²) in [5, 5.41) is 10.8. The fourth-order valence-electron chi connectivity index (χ4n) is 2.74. The predicted molar refractivity (Wildman–Crippen MR) is 86.5 cm³/mol. The molecule has 1 unspecified atom stereocenters. The van der Waals surface area contributed by atoms with E-state index >= 15 is 0 Å². The molecule has 122 valence electrons. The maximum absolute atomic E-state index is 12.3. The van der Waals surface area contributed by atoms with Gasteiger partial charge in [0, 0.05) is 13.2 Å². The van der Waals surface area contributed by atoms with Gasteiger partial charge in [-0.2, -0.15) is 4.68 Å². The highest BCUT2D eigenvalue weighted by atomic mass is 16.5. The van der Waals surface area contributed by atoms with E-state index in [1.165, 1.54) is 4.68 Å². The van der Waals surface area contributed by atoms with Gasteiger partial charge >= 0.3 is 0 Å². The van der Waals surface area contributed by atoms with Gasteiger partial charge < -0.3 is 15.8 Å². The molecule has 23 heavy (non-hydrogen) atoms. The predicted octanol–water partition coefficient (Wildman–Crippen LogP) is 1.32. The van der Waals surface area contributed by atoms with Crippen molar-refractivity contribution in [1.29, 1.82) is 0 Å². The van der Waals surface area contributed by atoms with Crippen LogP contribution in [0.15, 0.2) is 24.3 Å². The zero-order valence-corrected chi connectivity index (χ0v) is 13.2. The second-order valence-corrected chi connectivity index (χ2v) is 5.56. The summed E-state index contributed by atoms with van der Waals surface area (Å²) in [5.74, 6) is -0.0750. The molecule has 2 heterocycles. The van der Waals surface area contributed by atoms with Crippen molar-refractivity contribution in [2.75, 3.05) is 18.9 Å². The molecule has 0 radical (unpaired) electrons. The largest absolute Gasteiger partial charge is 0.382 e. The van der Waals surface area contributed by atoms with Crippen molar-refractivity contribution >= 4 is 11.7 Å². The van der Waals surface area contributed by atoms with Crippen molar-refractivity contribution in [2.45, 2.75) is 32.3 Å². The summed E-state index contributed by atoms with van der Waals surface area (Å²) < 4.78 is 7.00. The maximum atomic E-state index is 12.3. The molecule has 2 aromatic rings. The number of ether oxygens (including phenoxy) is 1. The third kappa shape index (κ3) is 3.19. The third-order valence-corrected chi connectivity index (χ3v) is 4.04. The summed E-state index contributed by atoms with van der Waals surface area (Å²) in [7, 11) is 0. The van der Waals surface area contributed by atoms with Crippen molar-refractivity contribution in [3.05, 3.63) is 35.5 Å². The minimum Gasteiger partial charge on any atom is -0.382 e. The number of hydrogen-bond donors (Lipinski definition) is 2. The van der Waals surface area contributed by atoms with Gasteiger partial charge in [0.05, 0.1) is 11.8 Å². The number of carbonyl (C=O) groups is 1. The molecule has 1 atom stereocenters. The molecule has 0 aliphatic carbocycles. The summed E-state index contributed by atoms with van der Waals surface area (Å²) in [6.07, 6.45) is 2.92. The minimum atomic E-state index is -0.321. The number of para-hydroxylation sites is 1. The first-order valence-corrected chi connectivity index (χ1v) is 7.90. The Morgan fingerprint density at radius 1 is 1.48 bits per heavy atom. The lowest BCUT2D eigenvalue weighted by Crippen LogP contribution is -2.32. The molecule has 1 aromatic carbocycles. The number of aromatic nitrogens is 3. The van der Waals surface area contributed by atoms with E-state index < -0.39 is 0 Å². The van der Waals surface area contributed by atoms with Crippen LogP contribution in [-0.2, 0) is 11.2 Å².